The van der Waals surface area contributed by atoms with Gasteiger partial charge < -0.3 is 4.90 Å². The summed E-state index contributed by atoms with van der Waals surface area (Å²) in [6.45, 7) is 8.29. The Labute approximate surface area is 70.8 Å². The first-order valence-corrected chi connectivity index (χ1v) is 4.85. The molecule has 1 rings (SSSR count). The Hall–Kier alpha value is -0.0400. The van der Waals surface area contributed by atoms with Gasteiger partial charge in [0.25, 0.3) is 0 Å². The molecule has 1 saturated heterocycles. The molecule has 1 aliphatic heterocycles. The molecule has 11 heavy (non-hydrogen) atoms. The van der Waals surface area contributed by atoms with Crippen LogP contribution >= 0.6 is 0 Å². The third-order valence-electron chi connectivity index (χ3n) is 3.03. The normalized spacial score (nSPS) is 33.5. The first kappa shape index (κ1) is 9.05. The van der Waals surface area contributed by atoms with Gasteiger partial charge in [0.15, 0.2) is 0 Å². The summed E-state index contributed by atoms with van der Waals surface area (Å²) < 4.78 is 0. The summed E-state index contributed by atoms with van der Waals surface area (Å²) in [5, 5.41) is 0. The third-order valence-corrected chi connectivity index (χ3v) is 3.03. The van der Waals surface area contributed by atoms with Gasteiger partial charge in [0.2, 0.25) is 0 Å². The highest BCUT2D eigenvalue weighted by molar-refractivity contribution is 4.84. The standard InChI is InChI=1S/C10H21N/c1-5-9-6-10(8(2)3)11(4)7-9/h8-10H,5-7H2,1-4H3/t9-,10+/m1/s1. The van der Waals surface area contributed by atoms with Crippen molar-refractivity contribution in [2.45, 2.75) is 39.7 Å². The van der Waals surface area contributed by atoms with Crippen molar-refractivity contribution in [2.75, 3.05) is 13.6 Å². The number of hydrogen-bond acceptors (Lipinski definition) is 1. The molecule has 0 aliphatic carbocycles. The van der Waals surface area contributed by atoms with E-state index in [0.717, 1.165) is 17.9 Å². The Balaban J connectivity index is 2.45. The van der Waals surface area contributed by atoms with Crippen LogP contribution in [0.2, 0.25) is 0 Å². The van der Waals surface area contributed by atoms with Crippen molar-refractivity contribution >= 4 is 0 Å². The van der Waals surface area contributed by atoms with E-state index in [-0.39, 0.29) is 0 Å². The zero-order chi connectivity index (χ0) is 8.43. The molecular formula is C10H21N. The minimum absolute atomic E-state index is 0.830. The number of nitrogens with zero attached hydrogens (tertiary/aromatic N) is 1. The Morgan fingerprint density at radius 1 is 1.45 bits per heavy atom. The second-order valence-corrected chi connectivity index (χ2v) is 4.26. The molecule has 1 heteroatoms. The van der Waals surface area contributed by atoms with Crippen molar-refractivity contribution < 1.29 is 0 Å². The lowest BCUT2D eigenvalue weighted by Gasteiger charge is -2.22. The van der Waals surface area contributed by atoms with Gasteiger partial charge in [-0.3, -0.25) is 0 Å². The summed E-state index contributed by atoms with van der Waals surface area (Å²) in [6.07, 6.45) is 2.78. The zero-order valence-electron chi connectivity index (χ0n) is 8.30. The molecule has 0 radical (unpaired) electrons. The topological polar surface area (TPSA) is 3.24 Å². The van der Waals surface area contributed by atoms with Gasteiger partial charge in [-0.2, -0.15) is 0 Å². The van der Waals surface area contributed by atoms with E-state index in [1.807, 2.05) is 0 Å². The highest BCUT2D eigenvalue weighted by atomic mass is 15.2. The Morgan fingerprint density at radius 2 is 2.09 bits per heavy atom. The molecule has 0 unspecified atom stereocenters. The minimum Gasteiger partial charge on any atom is -0.303 e. The third kappa shape index (κ3) is 1.96. The van der Waals surface area contributed by atoms with Gasteiger partial charge >= 0.3 is 0 Å². The lowest BCUT2D eigenvalue weighted by Crippen LogP contribution is -2.29. The van der Waals surface area contributed by atoms with Gasteiger partial charge in [-0.1, -0.05) is 27.2 Å². The van der Waals surface area contributed by atoms with Crippen LogP contribution in [-0.2, 0) is 0 Å². The molecule has 0 bridgehead atoms. The first-order chi connectivity index (χ1) is 5.15. The van der Waals surface area contributed by atoms with Crippen LogP contribution < -0.4 is 0 Å². The fourth-order valence-electron chi connectivity index (χ4n) is 2.22. The van der Waals surface area contributed by atoms with Crippen LogP contribution in [0, 0.1) is 11.8 Å². The van der Waals surface area contributed by atoms with E-state index in [4.69, 9.17) is 0 Å². The van der Waals surface area contributed by atoms with E-state index in [1.54, 1.807) is 0 Å². The number of rotatable bonds is 2. The summed E-state index contributed by atoms with van der Waals surface area (Å²) >= 11 is 0. The van der Waals surface area contributed by atoms with Crippen LogP contribution in [0.4, 0.5) is 0 Å². The molecule has 0 aromatic carbocycles. The quantitative estimate of drug-likeness (QED) is 0.592. The van der Waals surface area contributed by atoms with Crippen LogP contribution in [0.5, 0.6) is 0 Å². The van der Waals surface area contributed by atoms with E-state index < -0.39 is 0 Å². The fourth-order valence-corrected chi connectivity index (χ4v) is 2.22. The summed E-state index contributed by atoms with van der Waals surface area (Å²) in [5.41, 5.74) is 0. The molecule has 0 N–H and O–H groups in total. The van der Waals surface area contributed by atoms with Gasteiger partial charge in [0.1, 0.15) is 0 Å². The second-order valence-electron chi connectivity index (χ2n) is 4.26. The number of hydrogen-bond donors (Lipinski definition) is 0. The maximum atomic E-state index is 2.53. The SMILES string of the molecule is CC[C@@H]1C[C@@H](C(C)C)N(C)C1. The number of likely N-dealkylation sites (tertiary alicyclic amines) is 1. The van der Waals surface area contributed by atoms with Gasteiger partial charge in [0.05, 0.1) is 0 Å². The maximum absolute atomic E-state index is 2.53. The molecule has 0 aromatic heterocycles. The van der Waals surface area contributed by atoms with E-state index in [1.165, 1.54) is 19.4 Å². The average molecular weight is 155 g/mol. The molecule has 1 nitrogen and oxygen atoms in total. The largest absolute Gasteiger partial charge is 0.303 e. The van der Waals surface area contributed by atoms with Gasteiger partial charge in [-0.15, -0.1) is 0 Å². The Bertz CT molecular complexity index is 120. The zero-order valence-corrected chi connectivity index (χ0v) is 8.30. The van der Waals surface area contributed by atoms with Crippen molar-refractivity contribution in [3.63, 3.8) is 0 Å². The van der Waals surface area contributed by atoms with Crippen molar-refractivity contribution in [1.29, 1.82) is 0 Å². The van der Waals surface area contributed by atoms with Gasteiger partial charge in [-0.05, 0) is 25.3 Å². The van der Waals surface area contributed by atoms with Crippen molar-refractivity contribution in [3.8, 4) is 0 Å². The molecule has 2 atom stereocenters. The summed E-state index contributed by atoms with van der Waals surface area (Å²) in [4.78, 5) is 2.53. The van der Waals surface area contributed by atoms with E-state index in [9.17, 15) is 0 Å². The summed E-state index contributed by atoms with van der Waals surface area (Å²) in [7, 11) is 2.26. The summed E-state index contributed by atoms with van der Waals surface area (Å²) in [6, 6.07) is 0.847. The molecular weight excluding hydrogens is 134 g/mol. The van der Waals surface area contributed by atoms with E-state index >= 15 is 0 Å². The molecule has 0 saturated carbocycles. The average Bonchev–Trinajstić information content (AvgIpc) is 2.30. The van der Waals surface area contributed by atoms with Crippen molar-refractivity contribution in [3.05, 3.63) is 0 Å². The highest BCUT2D eigenvalue weighted by Crippen LogP contribution is 2.28. The van der Waals surface area contributed by atoms with Crippen LogP contribution in [0.3, 0.4) is 0 Å². The van der Waals surface area contributed by atoms with E-state index in [2.05, 4.69) is 32.7 Å². The smallest absolute Gasteiger partial charge is 0.0118 e. The predicted octanol–water partition coefficient (Wildman–Crippen LogP) is 2.37. The molecule has 1 fully saturated rings. The summed E-state index contributed by atoms with van der Waals surface area (Å²) in [5.74, 6) is 1.80. The Morgan fingerprint density at radius 3 is 2.36 bits per heavy atom. The van der Waals surface area contributed by atoms with Crippen LogP contribution in [0.1, 0.15) is 33.6 Å². The first-order valence-electron chi connectivity index (χ1n) is 4.85. The lowest BCUT2D eigenvalue weighted by atomic mass is 9.96. The molecule has 0 spiro atoms. The van der Waals surface area contributed by atoms with Gasteiger partial charge in [0, 0.05) is 12.6 Å². The lowest BCUT2D eigenvalue weighted by molar-refractivity contribution is 0.249. The van der Waals surface area contributed by atoms with Gasteiger partial charge in [-0.25, -0.2) is 0 Å². The maximum Gasteiger partial charge on any atom is 0.0118 e. The van der Waals surface area contributed by atoms with Crippen LogP contribution in [-0.4, -0.2) is 24.5 Å². The van der Waals surface area contributed by atoms with E-state index in [0.29, 0.717) is 0 Å². The Kier molecular flexibility index (Phi) is 2.94. The molecule has 1 aliphatic rings. The molecule has 0 amide bonds. The van der Waals surface area contributed by atoms with Crippen molar-refractivity contribution in [2.24, 2.45) is 11.8 Å². The van der Waals surface area contributed by atoms with Crippen LogP contribution in [0.15, 0.2) is 0 Å². The van der Waals surface area contributed by atoms with Crippen LogP contribution in [0.25, 0.3) is 0 Å². The van der Waals surface area contributed by atoms with Crippen molar-refractivity contribution in [1.82, 2.24) is 4.90 Å². The molecule has 1 heterocycles. The highest BCUT2D eigenvalue weighted by Gasteiger charge is 2.29. The second kappa shape index (κ2) is 3.57. The fraction of sp³-hybridized carbons (Fsp3) is 1.00. The molecule has 66 valence electrons. The molecule has 0 aromatic rings. The monoisotopic (exact) mass is 155 g/mol. The predicted molar refractivity (Wildman–Crippen MR) is 49.7 cm³/mol. The minimum atomic E-state index is 0.830.